The summed E-state index contributed by atoms with van der Waals surface area (Å²) in [5, 5.41) is 5.43. The molecule has 0 aliphatic rings. The van der Waals surface area contributed by atoms with E-state index in [1.165, 1.54) is 18.0 Å². The van der Waals surface area contributed by atoms with Crippen LogP contribution in [0.5, 0.6) is 17.2 Å². The average molecular weight is 506 g/mol. The van der Waals surface area contributed by atoms with Gasteiger partial charge >= 0.3 is 0 Å². The highest BCUT2D eigenvalue weighted by atomic mass is 35.5. The van der Waals surface area contributed by atoms with E-state index in [-0.39, 0.29) is 11.5 Å². The molecule has 0 aliphatic heterocycles. The molecule has 3 aromatic carbocycles. The minimum atomic E-state index is -0.287. The lowest BCUT2D eigenvalue weighted by molar-refractivity contribution is 0.355. The van der Waals surface area contributed by atoms with Gasteiger partial charge in [0.25, 0.3) is 5.56 Å². The molecule has 0 N–H and O–H groups in total. The standard InChI is InChI=1S/C28H28ClN3O4/c1-16(2)20-13-21(17(3)11-24(20)34-4)27-31-23-10-8-7-9-19(23)28(33)32(27)30-15-18-12-25(35-5)26(36-6)14-22(18)29/h7-16H,1-6H3. The third-order valence-corrected chi connectivity index (χ3v) is 6.34. The molecule has 1 heterocycles. The molecule has 0 bridgehead atoms. The molecule has 0 aliphatic carbocycles. The molecule has 0 saturated carbocycles. The van der Waals surface area contributed by atoms with Crippen LogP contribution in [0.3, 0.4) is 0 Å². The summed E-state index contributed by atoms with van der Waals surface area (Å²) in [7, 11) is 4.74. The predicted molar refractivity (Wildman–Crippen MR) is 144 cm³/mol. The summed E-state index contributed by atoms with van der Waals surface area (Å²) in [4.78, 5) is 18.5. The number of fused-ring (bicyclic) bond motifs is 1. The van der Waals surface area contributed by atoms with Gasteiger partial charge in [-0.3, -0.25) is 4.79 Å². The Labute approximate surface area is 214 Å². The zero-order chi connectivity index (χ0) is 26.0. The second-order valence-corrected chi connectivity index (χ2v) is 9.01. The molecule has 1 aromatic heterocycles. The third kappa shape index (κ3) is 4.66. The number of ether oxygens (including phenoxy) is 3. The van der Waals surface area contributed by atoms with Crippen molar-refractivity contribution >= 4 is 28.7 Å². The van der Waals surface area contributed by atoms with Crippen LogP contribution in [0.1, 0.15) is 36.5 Å². The molecule has 186 valence electrons. The van der Waals surface area contributed by atoms with Crippen molar-refractivity contribution in [3.63, 3.8) is 0 Å². The van der Waals surface area contributed by atoms with E-state index >= 15 is 0 Å². The van der Waals surface area contributed by atoms with Crippen LogP contribution < -0.4 is 19.8 Å². The first-order chi connectivity index (χ1) is 17.3. The molecule has 36 heavy (non-hydrogen) atoms. The Bertz CT molecular complexity index is 1530. The largest absolute Gasteiger partial charge is 0.496 e. The van der Waals surface area contributed by atoms with Crippen molar-refractivity contribution in [3.05, 3.63) is 80.6 Å². The van der Waals surface area contributed by atoms with Crippen LogP contribution >= 0.6 is 11.6 Å². The maximum Gasteiger partial charge on any atom is 0.282 e. The van der Waals surface area contributed by atoms with Crippen LogP contribution in [0, 0.1) is 6.92 Å². The summed E-state index contributed by atoms with van der Waals surface area (Å²) in [6.45, 7) is 6.15. The Morgan fingerprint density at radius 1 is 0.972 bits per heavy atom. The SMILES string of the molecule is COc1cc(Cl)c(C=Nn2c(-c3cc(C(C)C)c(OC)cc3C)nc3ccccc3c2=O)cc1OC. The topological polar surface area (TPSA) is 74.9 Å². The van der Waals surface area contributed by atoms with E-state index in [0.717, 1.165) is 22.4 Å². The van der Waals surface area contributed by atoms with Crippen molar-refractivity contribution in [2.24, 2.45) is 5.10 Å². The van der Waals surface area contributed by atoms with Gasteiger partial charge in [0.15, 0.2) is 17.3 Å². The molecule has 0 saturated heterocycles. The Hall–Kier alpha value is -3.84. The van der Waals surface area contributed by atoms with Crippen LogP contribution in [0.25, 0.3) is 22.3 Å². The smallest absolute Gasteiger partial charge is 0.282 e. The van der Waals surface area contributed by atoms with Crippen molar-refractivity contribution in [3.8, 4) is 28.6 Å². The monoisotopic (exact) mass is 505 g/mol. The van der Waals surface area contributed by atoms with E-state index in [4.69, 9.17) is 30.8 Å². The van der Waals surface area contributed by atoms with Gasteiger partial charge in [-0.1, -0.05) is 37.6 Å². The molecule has 0 spiro atoms. The number of benzene rings is 3. The zero-order valence-electron chi connectivity index (χ0n) is 21.1. The van der Waals surface area contributed by atoms with E-state index in [1.54, 1.807) is 38.5 Å². The molecule has 7 nitrogen and oxygen atoms in total. The summed E-state index contributed by atoms with van der Waals surface area (Å²) >= 11 is 6.47. The molecule has 0 radical (unpaired) electrons. The number of para-hydroxylation sites is 1. The van der Waals surface area contributed by atoms with E-state index in [2.05, 4.69) is 18.9 Å². The number of nitrogens with zero attached hydrogens (tertiary/aromatic N) is 3. The Balaban J connectivity index is 1.98. The Kier molecular flexibility index (Phi) is 7.31. The number of methoxy groups -OCH3 is 3. The number of aromatic nitrogens is 2. The van der Waals surface area contributed by atoms with Gasteiger partial charge in [-0.25, -0.2) is 4.98 Å². The predicted octanol–water partition coefficient (Wildman–Crippen LogP) is 6.06. The molecular weight excluding hydrogens is 478 g/mol. The van der Waals surface area contributed by atoms with Crippen molar-refractivity contribution in [2.45, 2.75) is 26.7 Å². The molecule has 0 unspecified atom stereocenters. The van der Waals surface area contributed by atoms with Crippen molar-refractivity contribution in [2.75, 3.05) is 21.3 Å². The first kappa shape index (κ1) is 25.3. The van der Waals surface area contributed by atoms with Gasteiger partial charge in [0.2, 0.25) is 0 Å². The number of hydrogen-bond donors (Lipinski definition) is 0. The van der Waals surface area contributed by atoms with Crippen molar-refractivity contribution in [1.29, 1.82) is 0 Å². The molecule has 0 amide bonds. The average Bonchev–Trinajstić information content (AvgIpc) is 2.88. The van der Waals surface area contributed by atoms with Crippen LogP contribution in [-0.4, -0.2) is 37.2 Å². The maximum atomic E-state index is 13.6. The number of aryl methyl sites for hydroxylation is 1. The number of hydrogen-bond acceptors (Lipinski definition) is 6. The van der Waals surface area contributed by atoms with Gasteiger partial charge in [0.1, 0.15) is 5.75 Å². The summed E-state index contributed by atoms with van der Waals surface area (Å²) in [6.07, 6.45) is 1.52. The minimum absolute atomic E-state index is 0.203. The molecular formula is C28H28ClN3O4. The highest BCUT2D eigenvalue weighted by molar-refractivity contribution is 6.33. The summed E-state index contributed by atoms with van der Waals surface area (Å²) < 4.78 is 17.6. The quantitative estimate of drug-likeness (QED) is 0.285. The second kappa shape index (κ2) is 10.4. The fraction of sp³-hybridized carbons (Fsp3) is 0.250. The fourth-order valence-corrected chi connectivity index (χ4v) is 4.26. The third-order valence-electron chi connectivity index (χ3n) is 6.01. The second-order valence-electron chi connectivity index (χ2n) is 8.61. The van der Waals surface area contributed by atoms with Gasteiger partial charge in [-0.05, 0) is 54.3 Å². The molecule has 8 heteroatoms. The normalized spacial score (nSPS) is 11.4. The summed E-state index contributed by atoms with van der Waals surface area (Å²) in [6, 6.07) is 14.6. The van der Waals surface area contributed by atoms with Crippen LogP contribution in [0.2, 0.25) is 5.02 Å². The molecule has 0 fully saturated rings. The first-order valence-electron chi connectivity index (χ1n) is 11.5. The van der Waals surface area contributed by atoms with Gasteiger partial charge in [0.05, 0.1) is 43.5 Å². The first-order valence-corrected chi connectivity index (χ1v) is 11.8. The fourth-order valence-electron chi connectivity index (χ4n) is 4.06. The zero-order valence-corrected chi connectivity index (χ0v) is 21.9. The van der Waals surface area contributed by atoms with Gasteiger partial charge in [0, 0.05) is 17.2 Å². The Morgan fingerprint density at radius 3 is 2.31 bits per heavy atom. The van der Waals surface area contributed by atoms with Gasteiger partial charge in [-0.2, -0.15) is 9.78 Å². The highest BCUT2D eigenvalue weighted by Gasteiger charge is 2.18. The van der Waals surface area contributed by atoms with Crippen molar-refractivity contribution in [1.82, 2.24) is 9.66 Å². The summed E-state index contributed by atoms with van der Waals surface area (Å²) in [5.74, 6) is 2.42. The number of rotatable bonds is 7. The lowest BCUT2D eigenvalue weighted by atomic mass is 9.96. The lowest BCUT2D eigenvalue weighted by Crippen LogP contribution is -2.21. The summed E-state index contributed by atoms with van der Waals surface area (Å²) in [5.41, 5.74) is 3.58. The molecule has 0 atom stereocenters. The Morgan fingerprint density at radius 2 is 1.64 bits per heavy atom. The maximum absolute atomic E-state index is 13.6. The minimum Gasteiger partial charge on any atom is -0.496 e. The van der Waals surface area contributed by atoms with Crippen molar-refractivity contribution < 1.29 is 14.2 Å². The van der Waals surface area contributed by atoms with Gasteiger partial charge in [-0.15, -0.1) is 0 Å². The van der Waals surface area contributed by atoms with E-state index in [9.17, 15) is 4.79 Å². The van der Waals surface area contributed by atoms with Crippen LogP contribution in [-0.2, 0) is 0 Å². The molecule has 4 rings (SSSR count). The molecule has 4 aromatic rings. The van der Waals surface area contributed by atoms with E-state index in [0.29, 0.717) is 38.8 Å². The highest BCUT2D eigenvalue weighted by Crippen LogP contribution is 2.35. The van der Waals surface area contributed by atoms with E-state index in [1.807, 2.05) is 31.2 Å². The van der Waals surface area contributed by atoms with Crippen LogP contribution in [0.4, 0.5) is 0 Å². The number of halogens is 1. The van der Waals surface area contributed by atoms with E-state index < -0.39 is 0 Å². The van der Waals surface area contributed by atoms with Gasteiger partial charge < -0.3 is 14.2 Å². The van der Waals surface area contributed by atoms with Crippen LogP contribution in [0.15, 0.2) is 58.4 Å². The lowest BCUT2D eigenvalue weighted by Gasteiger charge is -2.17.